The highest BCUT2D eigenvalue weighted by Crippen LogP contribution is 2.38. The van der Waals surface area contributed by atoms with Gasteiger partial charge in [-0.25, -0.2) is 5.43 Å². The molecule has 0 aliphatic rings. The molecule has 9 nitrogen and oxygen atoms in total. The summed E-state index contributed by atoms with van der Waals surface area (Å²) in [6, 6.07) is 9.48. The molecule has 2 aromatic carbocycles. The van der Waals surface area contributed by atoms with Crippen molar-refractivity contribution >= 4 is 18.0 Å². The molecule has 0 fully saturated rings. The fraction of sp³-hybridized carbons (Fsp3) is 0.211. The molecule has 3 N–H and O–H groups in total. The van der Waals surface area contributed by atoms with Gasteiger partial charge in [-0.1, -0.05) is 12.1 Å². The molecule has 0 aliphatic carbocycles. The molecule has 0 aliphatic heterocycles. The van der Waals surface area contributed by atoms with Crippen molar-refractivity contribution in [3.8, 4) is 23.0 Å². The van der Waals surface area contributed by atoms with Crippen LogP contribution < -0.4 is 25.0 Å². The number of phenolic OH excluding ortho intramolecular Hbond substituents is 1. The predicted octanol–water partition coefficient (Wildman–Crippen LogP) is 1.30. The monoisotopic (exact) mass is 387 g/mol. The molecule has 2 amide bonds. The fourth-order valence-corrected chi connectivity index (χ4v) is 2.28. The van der Waals surface area contributed by atoms with E-state index in [0.29, 0.717) is 22.8 Å². The first-order valence-corrected chi connectivity index (χ1v) is 8.18. The molecule has 0 aromatic heterocycles. The van der Waals surface area contributed by atoms with Crippen molar-refractivity contribution in [3.63, 3.8) is 0 Å². The topological polar surface area (TPSA) is 118 Å². The summed E-state index contributed by atoms with van der Waals surface area (Å²) >= 11 is 0. The van der Waals surface area contributed by atoms with Crippen molar-refractivity contribution in [1.29, 1.82) is 0 Å². The molecule has 28 heavy (non-hydrogen) atoms. The van der Waals surface area contributed by atoms with Crippen molar-refractivity contribution in [2.45, 2.75) is 0 Å². The third-order valence-electron chi connectivity index (χ3n) is 3.67. The van der Waals surface area contributed by atoms with E-state index in [9.17, 15) is 14.7 Å². The lowest BCUT2D eigenvalue weighted by Gasteiger charge is -2.14. The third kappa shape index (κ3) is 5.13. The van der Waals surface area contributed by atoms with E-state index in [-0.39, 0.29) is 17.9 Å². The number of aromatic hydroxyl groups is 1. The molecule has 0 atom stereocenters. The fourth-order valence-electron chi connectivity index (χ4n) is 2.28. The summed E-state index contributed by atoms with van der Waals surface area (Å²) in [6.07, 6.45) is 1.30. The molecule has 0 saturated carbocycles. The lowest BCUT2D eigenvalue weighted by atomic mass is 10.1. The van der Waals surface area contributed by atoms with Gasteiger partial charge >= 0.3 is 0 Å². The lowest BCUT2D eigenvalue weighted by Crippen LogP contribution is -2.34. The Labute approximate surface area is 161 Å². The molecular weight excluding hydrogens is 366 g/mol. The van der Waals surface area contributed by atoms with Crippen LogP contribution in [-0.2, 0) is 4.79 Å². The second kappa shape index (κ2) is 9.81. The van der Waals surface area contributed by atoms with Crippen LogP contribution in [-0.4, -0.2) is 51.0 Å². The average Bonchev–Trinajstić information content (AvgIpc) is 2.72. The minimum Gasteiger partial charge on any atom is -0.507 e. The number of benzene rings is 2. The number of nitrogens with zero attached hydrogens (tertiary/aromatic N) is 1. The predicted molar refractivity (Wildman–Crippen MR) is 102 cm³/mol. The first-order chi connectivity index (χ1) is 13.5. The molecular formula is C19H21N3O6. The van der Waals surface area contributed by atoms with Crippen LogP contribution in [0.4, 0.5) is 0 Å². The highest BCUT2D eigenvalue weighted by Gasteiger charge is 2.17. The van der Waals surface area contributed by atoms with Crippen LogP contribution in [0.15, 0.2) is 41.5 Å². The molecule has 148 valence electrons. The van der Waals surface area contributed by atoms with Crippen LogP contribution in [0.2, 0.25) is 0 Å². The Kier molecular flexibility index (Phi) is 7.21. The number of rotatable bonds is 8. The number of methoxy groups -OCH3 is 3. The highest BCUT2D eigenvalue weighted by molar-refractivity contribution is 5.97. The van der Waals surface area contributed by atoms with Crippen molar-refractivity contribution < 1.29 is 28.9 Å². The second-order valence-corrected chi connectivity index (χ2v) is 5.45. The SMILES string of the molecule is COc1cc(C(=O)NCC(=O)N/N=C\c2ccccc2O)cc(OC)c1OC. The van der Waals surface area contributed by atoms with Gasteiger partial charge in [-0.05, 0) is 24.3 Å². The van der Waals surface area contributed by atoms with Crippen LogP contribution in [0, 0.1) is 0 Å². The molecule has 2 rings (SSSR count). The molecule has 0 radical (unpaired) electrons. The number of hydrogen-bond acceptors (Lipinski definition) is 7. The largest absolute Gasteiger partial charge is 0.507 e. The summed E-state index contributed by atoms with van der Waals surface area (Å²) in [7, 11) is 4.34. The zero-order chi connectivity index (χ0) is 20.5. The van der Waals surface area contributed by atoms with Gasteiger partial charge in [-0.2, -0.15) is 5.10 Å². The molecule has 9 heteroatoms. The first-order valence-electron chi connectivity index (χ1n) is 8.18. The summed E-state index contributed by atoms with van der Waals surface area (Å²) in [5, 5.41) is 15.8. The van der Waals surface area contributed by atoms with Gasteiger partial charge in [0.05, 0.1) is 34.1 Å². The van der Waals surface area contributed by atoms with E-state index in [1.807, 2.05) is 0 Å². The van der Waals surface area contributed by atoms with Crippen LogP contribution in [0.5, 0.6) is 23.0 Å². The zero-order valence-electron chi connectivity index (χ0n) is 15.7. The van der Waals surface area contributed by atoms with Gasteiger partial charge in [0.25, 0.3) is 11.8 Å². The number of carbonyl (C=O) groups excluding carboxylic acids is 2. The summed E-state index contributed by atoms with van der Waals surface area (Å²) in [5.74, 6) is 0.00740. The summed E-state index contributed by atoms with van der Waals surface area (Å²) in [4.78, 5) is 24.1. The normalized spacial score (nSPS) is 10.4. The first kappa shape index (κ1) is 20.6. The van der Waals surface area contributed by atoms with E-state index in [1.165, 1.54) is 45.7 Å². The number of hydrogen-bond donors (Lipinski definition) is 3. The van der Waals surface area contributed by atoms with Gasteiger partial charge in [-0.3, -0.25) is 9.59 Å². The highest BCUT2D eigenvalue weighted by atomic mass is 16.5. The molecule has 2 aromatic rings. The summed E-state index contributed by atoms with van der Waals surface area (Å²) in [6.45, 7) is -0.298. The van der Waals surface area contributed by atoms with Gasteiger partial charge in [0.1, 0.15) is 5.75 Å². The maximum atomic E-state index is 12.3. The van der Waals surface area contributed by atoms with E-state index >= 15 is 0 Å². The number of hydrazone groups is 1. The van der Waals surface area contributed by atoms with Crippen LogP contribution in [0.25, 0.3) is 0 Å². The van der Waals surface area contributed by atoms with Crippen LogP contribution in [0.1, 0.15) is 15.9 Å². The Morgan fingerprint density at radius 1 is 1.07 bits per heavy atom. The van der Waals surface area contributed by atoms with E-state index in [2.05, 4.69) is 15.8 Å². The molecule has 0 bridgehead atoms. The average molecular weight is 387 g/mol. The standard InChI is InChI=1S/C19H21N3O6/c1-26-15-8-13(9-16(27-2)18(15)28-3)19(25)20-11-17(24)22-21-10-12-6-4-5-7-14(12)23/h4-10,23H,11H2,1-3H3,(H,20,25)(H,22,24)/b21-10-. The number of amides is 2. The number of carbonyl (C=O) groups is 2. The quantitative estimate of drug-likeness (QED) is 0.464. The molecule has 0 spiro atoms. The van der Waals surface area contributed by atoms with Gasteiger partial charge in [-0.15, -0.1) is 0 Å². The number of ether oxygens (including phenoxy) is 3. The van der Waals surface area contributed by atoms with E-state index in [4.69, 9.17) is 14.2 Å². The third-order valence-corrected chi connectivity index (χ3v) is 3.67. The van der Waals surface area contributed by atoms with Crippen LogP contribution >= 0.6 is 0 Å². The van der Waals surface area contributed by atoms with Gasteiger partial charge in [0, 0.05) is 11.1 Å². The Morgan fingerprint density at radius 3 is 2.29 bits per heavy atom. The van der Waals surface area contributed by atoms with Crippen LogP contribution in [0.3, 0.4) is 0 Å². The Hall–Kier alpha value is -3.75. The van der Waals surface area contributed by atoms with E-state index in [1.54, 1.807) is 18.2 Å². The van der Waals surface area contributed by atoms with Gasteiger partial charge in [0.15, 0.2) is 11.5 Å². The van der Waals surface area contributed by atoms with Gasteiger partial charge < -0.3 is 24.6 Å². The van der Waals surface area contributed by atoms with Crippen molar-refractivity contribution in [1.82, 2.24) is 10.7 Å². The minimum absolute atomic E-state index is 0.0382. The van der Waals surface area contributed by atoms with E-state index in [0.717, 1.165) is 0 Å². The summed E-state index contributed by atoms with van der Waals surface area (Å²) < 4.78 is 15.6. The van der Waals surface area contributed by atoms with Crippen molar-refractivity contribution in [3.05, 3.63) is 47.5 Å². The molecule has 0 unspecified atom stereocenters. The Morgan fingerprint density at radius 2 is 1.71 bits per heavy atom. The number of phenols is 1. The Bertz CT molecular complexity index is 857. The molecule has 0 heterocycles. The zero-order valence-corrected chi connectivity index (χ0v) is 15.7. The molecule has 0 saturated heterocycles. The number of nitrogens with one attached hydrogen (secondary N) is 2. The minimum atomic E-state index is -0.535. The smallest absolute Gasteiger partial charge is 0.259 e. The number of para-hydroxylation sites is 1. The second-order valence-electron chi connectivity index (χ2n) is 5.45. The summed E-state index contributed by atoms with van der Waals surface area (Å²) in [5.41, 5.74) is 2.95. The van der Waals surface area contributed by atoms with Gasteiger partial charge in [0.2, 0.25) is 5.75 Å². The van der Waals surface area contributed by atoms with Crippen molar-refractivity contribution in [2.24, 2.45) is 5.10 Å². The van der Waals surface area contributed by atoms with E-state index < -0.39 is 11.8 Å². The lowest BCUT2D eigenvalue weighted by molar-refractivity contribution is -0.120. The Balaban J connectivity index is 1.96. The maximum absolute atomic E-state index is 12.3. The van der Waals surface area contributed by atoms with Crippen molar-refractivity contribution in [2.75, 3.05) is 27.9 Å². The maximum Gasteiger partial charge on any atom is 0.259 e.